The predicted octanol–water partition coefficient (Wildman–Crippen LogP) is 0.545. The fraction of sp³-hybridized carbons (Fsp3) is 0.222. The van der Waals surface area contributed by atoms with Crippen LogP contribution in [0.1, 0.15) is 28.7 Å². The Hall–Kier alpha value is -3.62. The molecule has 9 heteroatoms. The minimum absolute atomic E-state index is 0.124. The van der Waals surface area contributed by atoms with Gasteiger partial charge in [0.15, 0.2) is 0 Å². The summed E-state index contributed by atoms with van der Waals surface area (Å²) >= 11 is 0. The molecule has 1 amide bonds. The van der Waals surface area contributed by atoms with E-state index in [2.05, 4.69) is 24.9 Å². The van der Waals surface area contributed by atoms with Crippen molar-refractivity contribution in [2.75, 3.05) is 13.1 Å². The summed E-state index contributed by atoms with van der Waals surface area (Å²) in [4.78, 5) is 56.0. The van der Waals surface area contributed by atoms with Gasteiger partial charge in [-0.25, -0.2) is 9.97 Å². The molecule has 0 aliphatic carbocycles. The third kappa shape index (κ3) is 3.39. The quantitative estimate of drug-likeness (QED) is 0.699. The van der Waals surface area contributed by atoms with Crippen LogP contribution in [0.4, 0.5) is 0 Å². The topological polar surface area (TPSA) is 125 Å². The zero-order chi connectivity index (χ0) is 18.8. The third-order valence-corrected chi connectivity index (χ3v) is 4.50. The normalized spacial score (nSPS) is 16.4. The lowest BCUT2D eigenvalue weighted by Gasteiger charge is -2.15. The van der Waals surface area contributed by atoms with E-state index in [-0.39, 0.29) is 28.6 Å². The maximum Gasteiger partial charge on any atom is 0.274 e. The van der Waals surface area contributed by atoms with Crippen LogP contribution in [0.5, 0.6) is 0 Å². The van der Waals surface area contributed by atoms with E-state index in [9.17, 15) is 14.4 Å². The summed E-state index contributed by atoms with van der Waals surface area (Å²) in [5.74, 6) is 0.139. The van der Waals surface area contributed by atoms with E-state index in [1.54, 1.807) is 17.0 Å². The molecule has 2 N–H and O–H groups in total. The molecular formula is C18H16N6O3. The second-order valence-corrected chi connectivity index (χ2v) is 6.26. The van der Waals surface area contributed by atoms with Crippen molar-refractivity contribution >= 4 is 5.91 Å². The van der Waals surface area contributed by atoms with E-state index in [0.29, 0.717) is 36.6 Å². The molecule has 4 heterocycles. The zero-order valence-electron chi connectivity index (χ0n) is 14.3. The summed E-state index contributed by atoms with van der Waals surface area (Å²) < 4.78 is 0. The molecule has 0 saturated carbocycles. The lowest BCUT2D eigenvalue weighted by atomic mass is 10.1. The molecule has 0 aromatic carbocycles. The molecule has 136 valence electrons. The SMILES string of the molecule is O=C(c1cnccn1)N1CC[C@H](c2nc(-c3ccc[nH]c3=O)cc(=O)[nH]2)C1. The molecule has 1 atom stereocenters. The van der Waals surface area contributed by atoms with Gasteiger partial charge < -0.3 is 14.9 Å². The summed E-state index contributed by atoms with van der Waals surface area (Å²) in [5, 5.41) is 0. The second-order valence-electron chi connectivity index (χ2n) is 6.26. The van der Waals surface area contributed by atoms with Gasteiger partial charge >= 0.3 is 0 Å². The van der Waals surface area contributed by atoms with Crippen molar-refractivity contribution < 1.29 is 4.79 Å². The van der Waals surface area contributed by atoms with Crippen LogP contribution in [0, 0.1) is 0 Å². The first-order valence-corrected chi connectivity index (χ1v) is 8.46. The third-order valence-electron chi connectivity index (χ3n) is 4.50. The Kier molecular flexibility index (Phi) is 4.33. The van der Waals surface area contributed by atoms with Crippen LogP contribution in [0.3, 0.4) is 0 Å². The Balaban J connectivity index is 1.60. The number of H-pyrrole nitrogens is 2. The molecule has 1 aliphatic rings. The summed E-state index contributed by atoms with van der Waals surface area (Å²) in [6, 6.07) is 4.59. The van der Waals surface area contributed by atoms with Crippen LogP contribution in [-0.4, -0.2) is 48.8 Å². The smallest absolute Gasteiger partial charge is 0.274 e. The highest BCUT2D eigenvalue weighted by Crippen LogP contribution is 2.26. The number of aromatic nitrogens is 5. The molecule has 27 heavy (non-hydrogen) atoms. The Morgan fingerprint density at radius 2 is 2.15 bits per heavy atom. The first kappa shape index (κ1) is 16.8. The molecule has 1 aliphatic heterocycles. The standard InChI is InChI=1S/C18H16N6O3/c25-15-8-13(12-2-1-4-21-17(12)26)22-16(23-15)11-3-7-24(10-11)18(27)14-9-19-5-6-20-14/h1-2,4-6,8-9,11H,3,7,10H2,(H,21,26)(H,22,23,25)/t11-/m0/s1. The number of aromatic amines is 2. The molecular weight excluding hydrogens is 348 g/mol. The fourth-order valence-electron chi connectivity index (χ4n) is 3.17. The van der Waals surface area contributed by atoms with Crippen LogP contribution in [-0.2, 0) is 0 Å². The number of rotatable bonds is 3. The van der Waals surface area contributed by atoms with Crippen LogP contribution in [0.2, 0.25) is 0 Å². The van der Waals surface area contributed by atoms with Crippen molar-refractivity contribution in [3.63, 3.8) is 0 Å². The monoisotopic (exact) mass is 364 g/mol. The van der Waals surface area contributed by atoms with Gasteiger partial charge in [-0.1, -0.05) is 0 Å². The highest BCUT2D eigenvalue weighted by molar-refractivity contribution is 5.92. The van der Waals surface area contributed by atoms with Gasteiger partial charge in [-0.3, -0.25) is 19.4 Å². The summed E-state index contributed by atoms with van der Waals surface area (Å²) in [6.07, 6.45) is 6.59. The van der Waals surface area contributed by atoms with E-state index >= 15 is 0 Å². The lowest BCUT2D eigenvalue weighted by Crippen LogP contribution is -2.29. The van der Waals surface area contributed by atoms with Gasteiger partial charge in [0, 0.05) is 43.7 Å². The van der Waals surface area contributed by atoms with Gasteiger partial charge in [-0.05, 0) is 18.6 Å². The Morgan fingerprint density at radius 3 is 2.93 bits per heavy atom. The largest absolute Gasteiger partial charge is 0.337 e. The average molecular weight is 364 g/mol. The van der Waals surface area contributed by atoms with Crippen molar-refractivity contribution in [3.8, 4) is 11.3 Å². The van der Waals surface area contributed by atoms with Gasteiger partial charge in [0.25, 0.3) is 17.0 Å². The number of amides is 1. The fourth-order valence-corrected chi connectivity index (χ4v) is 3.17. The molecule has 4 rings (SSSR count). The zero-order valence-corrected chi connectivity index (χ0v) is 14.3. The molecule has 1 saturated heterocycles. The molecule has 3 aromatic heterocycles. The van der Waals surface area contributed by atoms with E-state index in [4.69, 9.17) is 0 Å². The average Bonchev–Trinajstić information content (AvgIpc) is 3.18. The maximum absolute atomic E-state index is 12.5. The molecule has 1 fully saturated rings. The van der Waals surface area contributed by atoms with Gasteiger partial charge in [0.05, 0.1) is 17.5 Å². The molecule has 9 nitrogen and oxygen atoms in total. The molecule has 0 bridgehead atoms. The Labute approximate surface area is 153 Å². The molecule has 0 radical (unpaired) electrons. The first-order valence-electron chi connectivity index (χ1n) is 8.46. The first-order chi connectivity index (χ1) is 13.1. The minimum Gasteiger partial charge on any atom is -0.337 e. The van der Waals surface area contributed by atoms with E-state index in [1.165, 1.54) is 30.9 Å². The number of hydrogen-bond donors (Lipinski definition) is 2. The molecule has 0 unspecified atom stereocenters. The number of carbonyl (C=O) groups is 1. The number of carbonyl (C=O) groups excluding carboxylic acids is 1. The molecule has 3 aromatic rings. The number of likely N-dealkylation sites (tertiary alicyclic amines) is 1. The number of pyridine rings is 1. The van der Waals surface area contributed by atoms with Gasteiger partial charge in [-0.2, -0.15) is 0 Å². The van der Waals surface area contributed by atoms with Crippen molar-refractivity contribution in [2.45, 2.75) is 12.3 Å². The summed E-state index contributed by atoms with van der Waals surface area (Å²) in [6.45, 7) is 0.937. The van der Waals surface area contributed by atoms with Crippen molar-refractivity contribution in [1.82, 2.24) is 29.8 Å². The van der Waals surface area contributed by atoms with Crippen molar-refractivity contribution in [1.29, 1.82) is 0 Å². The Morgan fingerprint density at radius 1 is 1.26 bits per heavy atom. The Bertz CT molecular complexity index is 1090. The maximum atomic E-state index is 12.5. The number of hydrogen-bond acceptors (Lipinski definition) is 6. The summed E-state index contributed by atoms with van der Waals surface area (Å²) in [5.41, 5.74) is 0.276. The van der Waals surface area contributed by atoms with Gasteiger partial charge in [-0.15, -0.1) is 0 Å². The number of nitrogens with one attached hydrogen (secondary N) is 2. The van der Waals surface area contributed by atoms with E-state index in [0.717, 1.165) is 0 Å². The minimum atomic E-state index is -0.336. The van der Waals surface area contributed by atoms with E-state index < -0.39 is 0 Å². The second kappa shape index (κ2) is 6.94. The van der Waals surface area contributed by atoms with E-state index in [1.807, 2.05) is 0 Å². The summed E-state index contributed by atoms with van der Waals surface area (Å²) in [7, 11) is 0. The van der Waals surface area contributed by atoms with Crippen LogP contribution in [0.25, 0.3) is 11.3 Å². The van der Waals surface area contributed by atoms with Crippen molar-refractivity contribution in [2.24, 2.45) is 0 Å². The number of nitrogens with zero attached hydrogens (tertiary/aromatic N) is 4. The van der Waals surface area contributed by atoms with Crippen LogP contribution >= 0.6 is 0 Å². The van der Waals surface area contributed by atoms with Gasteiger partial charge in [0.1, 0.15) is 11.5 Å². The van der Waals surface area contributed by atoms with Crippen LogP contribution in [0.15, 0.2) is 52.6 Å². The predicted molar refractivity (Wildman–Crippen MR) is 96.2 cm³/mol. The molecule has 0 spiro atoms. The highest BCUT2D eigenvalue weighted by Gasteiger charge is 2.30. The van der Waals surface area contributed by atoms with Gasteiger partial charge in [0.2, 0.25) is 0 Å². The van der Waals surface area contributed by atoms with Crippen LogP contribution < -0.4 is 11.1 Å². The lowest BCUT2D eigenvalue weighted by molar-refractivity contribution is 0.0784. The highest BCUT2D eigenvalue weighted by atomic mass is 16.2. The van der Waals surface area contributed by atoms with Crippen molar-refractivity contribution in [3.05, 3.63) is 75.2 Å².